The fourth-order valence-electron chi connectivity index (χ4n) is 3.36. The van der Waals surface area contributed by atoms with Gasteiger partial charge in [-0.3, -0.25) is 0 Å². The number of benzene rings is 2. The van der Waals surface area contributed by atoms with Crippen LogP contribution in [0.5, 0.6) is 11.5 Å². The maximum atomic E-state index is 5.71. The van der Waals surface area contributed by atoms with Gasteiger partial charge < -0.3 is 18.9 Å². The second-order valence-electron chi connectivity index (χ2n) is 6.73. The minimum atomic E-state index is 0.269. The highest BCUT2D eigenvalue weighted by molar-refractivity contribution is 5.56. The lowest BCUT2D eigenvalue weighted by Crippen LogP contribution is -2.29. The van der Waals surface area contributed by atoms with Crippen molar-refractivity contribution < 1.29 is 14.0 Å². The Bertz CT molecular complexity index is 905. The van der Waals surface area contributed by atoms with Crippen molar-refractivity contribution >= 4 is 5.69 Å². The van der Waals surface area contributed by atoms with E-state index in [2.05, 4.69) is 40.2 Å². The van der Waals surface area contributed by atoms with Crippen LogP contribution in [0.25, 0.3) is 0 Å². The number of hydrogen-bond acceptors (Lipinski definition) is 6. The highest BCUT2D eigenvalue weighted by Gasteiger charge is 2.19. The third-order valence-electron chi connectivity index (χ3n) is 4.71. The molecule has 6 nitrogen and oxygen atoms in total. The van der Waals surface area contributed by atoms with E-state index in [-0.39, 0.29) is 6.61 Å². The molecule has 2 aromatic carbocycles. The van der Waals surface area contributed by atoms with Crippen molar-refractivity contribution in [2.75, 3.05) is 18.6 Å². The van der Waals surface area contributed by atoms with Crippen LogP contribution in [0.15, 0.2) is 47.0 Å². The van der Waals surface area contributed by atoms with E-state index in [4.69, 9.17) is 14.0 Å². The molecule has 1 aromatic heterocycles. The average molecular weight is 365 g/mol. The van der Waals surface area contributed by atoms with Crippen LogP contribution in [-0.2, 0) is 19.6 Å². The van der Waals surface area contributed by atoms with Gasteiger partial charge in [0.05, 0.1) is 13.7 Å². The molecule has 27 heavy (non-hydrogen) atoms. The minimum Gasteiger partial charge on any atom is -0.497 e. The number of nitrogens with zero attached hydrogens (tertiary/aromatic N) is 3. The van der Waals surface area contributed by atoms with Gasteiger partial charge in [-0.25, -0.2) is 0 Å². The second-order valence-corrected chi connectivity index (χ2v) is 6.73. The Labute approximate surface area is 158 Å². The number of methoxy groups -OCH3 is 1. The summed E-state index contributed by atoms with van der Waals surface area (Å²) in [6, 6.07) is 14.0. The number of aryl methyl sites for hydroxylation is 2. The Morgan fingerprint density at radius 1 is 1.11 bits per heavy atom. The Morgan fingerprint density at radius 2 is 1.93 bits per heavy atom. The van der Waals surface area contributed by atoms with Crippen LogP contribution in [0.3, 0.4) is 0 Å². The summed E-state index contributed by atoms with van der Waals surface area (Å²) >= 11 is 0. The van der Waals surface area contributed by atoms with Crippen LogP contribution >= 0.6 is 0 Å². The van der Waals surface area contributed by atoms with E-state index < -0.39 is 0 Å². The van der Waals surface area contributed by atoms with Gasteiger partial charge in [-0.2, -0.15) is 4.98 Å². The molecule has 0 aliphatic carbocycles. The maximum absolute atomic E-state index is 5.71. The van der Waals surface area contributed by atoms with Crippen molar-refractivity contribution in [3.63, 3.8) is 0 Å². The lowest BCUT2D eigenvalue weighted by Gasteiger charge is -2.30. The molecule has 140 valence electrons. The number of hydrogen-bond donors (Lipinski definition) is 0. The molecule has 0 unspecified atom stereocenters. The zero-order valence-corrected chi connectivity index (χ0v) is 15.6. The smallest absolute Gasteiger partial charge is 0.246 e. The van der Waals surface area contributed by atoms with Gasteiger partial charge in [0.25, 0.3) is 0 Å². The first-order valence-electron chi connectivity index (χ1n) is 9.14. The molecular formula is C21H23N3O3. The molecule has 0 spiro atoms. The van der Waals surface area contributed by atoms with Crippen LogP contribution in [0.4, 0.5) is 5.69 Å². The van der Waals surface area contributed by atoms with Crippen LogP contribution in [0.2, 0.25) is 0 Å². The molecule has 3 aromatic rings. The highest BCUT2D eigenvalue weighted by Crippen LogP contribution is 2.29. The van der Waals surface area contributed by atoms with Gasteiger partial charge in [0, 0.05) is 12.2 Å². The zero-order valence-electron chi connectivity index (χ0n) is 15.6. The molecule has 0 fully saturated rings. The van der Waals surface area contributed by atoms with Gasteiger partial charge in [-0.05, 0) is 55.7 Å². The summed E-state index contributed by atoms with van der Waals surface area (Å²) in [5.74, 6) is 2.68. The third-order valence-corrected chi connectivity index (χ3v) is 4.71. The maximum Gasteiger partial charge on any atom is 0.246 e. The summed E-state index contributed by atoms with van der Waals surface area (Å²) in [7, 11) is 1.64. The van der Waals surface area contributed by atoms with E-state index in [1.807, 2.05) is 24.3 Å². The summed E-state index contributed by atoms with van der Waals surface area (Å²) in [4.78, 5) is 6.78. The Balaban J connectivity index is 1.38. The first kappa shape index (κ1) is 17.4. The van der Waals surface area contributed by atoms with E-state index in [9.17, 15) is 0 Å². The normalized spacial score (nSPS) is 13.3. The fraction of sp³-hybridized carbons (Fsp3) is 0.333. The standard InChI is InChI=1S/C21H23N3O3/c1-15-5-10-19-16(12-15)4-3-11-24(19)13-21-22-20(23-27-21)14-26-18-8-6-17(25-2)7-9-18/h5-10,12H,3-4,11,13-14H2,1-2H3. The fourth-order valence-corrected chi connectivity index (χ4v) is 3.36. The molecule has 0 amide bonds. The Kier molecular flexibility index (Phi) is 4.96. The van der Waals surface area contributed by atoms with Gasteiger partial charge in [-0.15, -0.1) is 0 Å². The molecular weight excluding hydrogens is 342 g/mol. The van der Waals surface area contributed by atoms with Crippen molar-refractivity contribution in [1.29, 1.82) is 0 Å². The van der Waals surface area contributed by atoms with Gasteiger partial charge in [0.1, 0.15) is 11.5 Å². The quantitative estimate of drug-likeness (QED) is 0.660. The number of rotatable bonds is 6. The topological polar surface area (TPSA) is 60.6 Å². The third kappa shape index (κ3) is 4.05. The van der Waals surface area contributed by atoms with E-state index in [1.54, 1.807) is 7.11 Å². The molecule has 0 atom stereocenters. The number of anilines is 1. The molecule has 6 heteroatoms. The highest BCUT2D eigenvalue weighted by atomic mass is 16.5. The van der Waals surface area contributed by atoms with Crippen LogP contribution in [0, 0.1) is 6.92 Å². The SMILES string of the molecule is COc1ccc(OCc2noc(CN3CCCc4cc(C)ccc43)n2)cc1. The summed E-state index contributed by atoms with van der Waals surface area (Å²) in [5, 5.41) is 4.04. The molecule has 1 aliphatic heterocycles. The van der Waals surface area contributed by atoms with Crippen molar-refractivity contribution in [3.05, 3.63) is 65.3 Å². The Hall–Kier alpha value is -3.02. The summed E-state index contributed by atoms with van der Waals surface area (Å²) in [6.45, 7) is 4.01. The van der Waals surface area contributed by atoms with Crippen LogP contribution < -0.4 is 14.4 Å². The van der Waals surface area contributed by atoms with Gasteiger partial charge in [0.15, 0.2) is 6.61 Å². The first-order chi connectivity index (χ1) is 13.2. The predicted molar refractivity (Wildman–Crippen MR) is 102 cm³/mol. The molecule has 2 heterocycles. The van der Waals surface area contributed by atoms with Gasteiger partial charge in [-0.1, -0.05) is 22.9 Å². The van der Waals surface area contributed by atoms with E-state index in [1.165, 1.54) is 16.8 Å². The zero-order chi connectivity index (χ0) is 18.6. The molecule has 0 saturated carbocycles. The molecule has 0 N–H and O–H groups in total. The molecule has 4 rings (SSSR count). The molecule has 1 aliphatic rings. The number of fused-ring (bicyclic) bond motifs is 1. The lowest BCUT2D eigenvalue weighted by atomic mass is 10.00. The predicted octanol–water partition coefficient (Wildman–Crippen LogP) is 3.92. The van der Waals surface area contributed by atoms with Gasteiger partial charge in [0.2, 0.25) is 11.7 Å². The second kappa shape index (κ2) is 7.70. The van der Waals surface area contributed by atoms with E-state index in [0.717, 1.165) is 30.9 Å². The summed E-state index contributed by atoms with van der Waals surface area (Å²) in [6.07, 6.45) is 2.26. The molecule has 0 bridgehead atoms. The summed E-state index contributed by atoms with van der Waals surface area (Å²) < 4.78 is 16.3. The van der Waals surface area contributed by atoms with Crippen molar-refractivity contribution in [2.24, 2.45) is 0 Å². The van der Waals surface area contributed by atoms with Crippen molar-refractivity contribution in [2.45, 2.75) is 32.9 Å². The molecule has 0 saturated heterocycles. The number of aromatic nitrogens is 2. The lowest BCUT2D eigenvalue weighted by molar-refractivity contribution is 0.284. The van der Waals surface area contributed by atoms with Gasteiger partial charge >= 0.3 is 0 Å². The monoisotopic (exact) mass is 365 g/mol. The van der Waals surface area contributed by atoms with Crippen LogP contribution in [-0.4, -0.2) is 23.8 Å². The van der Waals surface area contributed by atoms with Crippen molar-refractivity contribution in [3.8, 4) is 11.5 Å². The molecule has 0 radical (unpaired) electrons. The number of ether oxygens (including phenoxy) is 2. The van der Waals surface area contributed by atoms with E-state index in [0.29, 0.717) is 18.3 Å². The Morgan fingerprint density at radius 3 is 2.74 bits per heavy atom. The largest absolute Gasteiger partial charge is 0.497 e. The first-order valence-corrected chi connectivity index (χ1v) is 9.14. The van der Waals surface area contributed by atoms with Crippen LogP contribution in [0.1, 0.15) is 29.3 Å². The average Bonchev–Trinajstić information content (AvgIpc) is 3.14. The minimum absolute atomic E-state index is 0.269. The van der Waals surface area contributed by atoms with E-state index >= 15 is 0 Å². The summed E-state index contributed by atoms with van der Waals surface area (Å²) in [5.41, 5.74) is 3.95. The van der Waals surface area contributed by atoms with Crippen molar-refractivity contribution in [1.82, 2.24) is 10.1 Å².